The fourth-order valence-electron chi connectivity index (χ4n) is 3.46. The van der Waals surface area contributed by atoms with E-state index in [0.717, 1.165) is 6.42 Å². The number of piperidine rings is 1. The maximum atomic E-state index is 13.1. The summed E-state index contributed by atoms with van der Waals surface area (Å²) in [5, 5.41) is 0. The van der Waals surface area contributed by atoms with Gasteiger partial charge in [-0.15, -0.1) is 0 Å². The van der Waals surface area contributed by atoms with Gasteiger partial charge < -0.3 is 15.2 Å². The highest BCUT2D eigenvalue weighted by Crippen LogP contribution is 2.38. The first kappa shape index (κ1) is 18.1. The van der Waals surface area contributed by atoms with Gasteiger partial charge in [0.1, 0.15) is 10.6 Å². The fraction of sp³-hybridized carbons (Fsp3) is 0.625. The topological polar surface area (TPSA) is 81.9 Å². The zero-order valence-corrected chi connectivity index (χ0v) is 16.1. The van der Waals surface area contributed by atoms with Crippen LogP contribution in [0, 0.1) is 0 Å². The van der Waals surface area contributed by atoms with Crippen LogP contribution in [0.15, 0.2) is 27.6 Å². The SMILES string of the molecule is CCOc1ccc(Br)cc1S(=O)(=O)N1CCC2(CC1)C[C@@H](N)CO2. The van der Waals surface area contributed by atoms with Crippen LogP contribution in [0.2, 0.25) is 0 Å². The van der Waals surface area contributed by atoms with Gasteiger partial charge in [-0.2, -0.15) is 4.31 Å². The predicted octanol–water partition coefficient (Wildman–Crippen LogP) is 2.12. The van der Waals surface area contributed by atoms with E-state index >= 15 is 0 Å². The number of halogens is 1. The number of ether oxygens (including phenoxy) is 2. The molecular formula is C16H23BrN2O4S. The van der Waals surface area contributed by atoms with Crippen molar-refractivity contribution in [1.82, 2.24) is 4.31 Å². The zero-order valence-electron chi connectivity index (χ0n) is 13.7. The van der Waals surface area contributed by atoms with Gasteiger partial charge in [-0.3, -0.25) is 0 Å². The van der Waals surface area contributed by atoms with Crippen molar-refractivity contribution in [2.45, 2.75) is 42.7 Å². The molecule has 1 aromatic rings. The minimum atomic E-state index is -3.61. The largest absolute Gasteiger partial charge is 0.492 e. The van der Waals surface area contributed by atoms with Crippen LogP contribution in [-0.4, -0.2) is 50.7 Å². The summed E-state index contributed by atoms with van der Waals surface area (Å²) in [6.45, 7) is 3.69. The first-order chi connectivity index (χ1) is 11.4. The highest BCUT2D eigenvalue weighted by molar-refractivity contribution is 9.10. The summed E-state index contributed by atoms with van der Waals surface area (Å²) in [7, 11) is -3.61. The van der Waals surface area contributed by atoms with Crippen molar-refractivity contribution in [2.24, 2.45) is 5.73 Å². The molecule has 2 N–H and O–H groups in total. The fourth-order valence-corrected chi connectivity index (χ4v) is 5.57. The van der Waals surface area contributed by atoms with Crippen LogP contribution in [0.1, 0.15) is 26.2 Å². The second kappa shape index (κ2) is 6.92. The van der Waals surface area contributed by atoms with Crippen molar-refractivity contribution < 1.29 is 17.9 Å². The monoisotopic (exact) mass is 418 g/mol. The molecule has 6 nitrogen and oxygen atoms in total. The lowest BCUT2D eigenvalue weighted by Gasteiger charge is -2.38. The van der Waals surface area contributed by atoms with E-state index in [0.29, 0.717) is 49.4 Å². The second-order valence-corrected chi connectivity index (χ2v) is 9.21. The van der Waals surface area contributed by atoms with E-state index in [4.69, 9.17) is 15.2 Å². The Kier molecular flexibility index (Phi) is 5.22. The minimum absolute atomic E-state index is 0.0581. The lowest BCUT2D eigenvalue weighted by molar-refractivity contribution is -0.0310. The van der Waals surface area contributed by atoms with Crippen LogP contribution in [0.25, 0.3) is 0 Å². The third-order valence-corrected chi connectivity index (χ3v) is 7.11. The summed E-state index contributed by atoms with van der Waals surface area (Å²) in [6, 6.07) is 5.13. The summed E-state index contributed by atoms with van der Waals surface area (Å²) in [6.07, 6.45) is 2.16. The molecule has 1 spiro atoms. The first-order valence-electron chi connectivity index (χ1n) is 8.18. The number of sulfonamides is 1. The maximum Gasteiger partial charge on any atom is 0.246 e. The smallest absolute Gasteiger partial charge is 0.246 e. The van der Waals surface area contributed by atoms with Crippen LogP contribution < -0.4 is 10.5 Å². The molecule has 2 saturated heterocycles. The molecule has 24 heavy (non-hydrogen) atoms. The Morgan fingerprint density at radius 1 is 1.42 bits per heavy atom. The quantitative estimate of drug-likeness (QED) is 0.809. The standard InChI is InChI=1S/C16H23BrN2O4S/c1-2-22-14-4-3-12(17)9-15(14)24(20,21)19-7-5-16(6-8-19)10-13(18)11-23-16/h3-4,9,13H,2,5-8,10-11,18H2,1H3/t13-/m1/s1. The maximum absolute atomic E-state index is 13.1. The summed E-state index contributed by atoms with van der Waals surface area (Å²) in [5.74, 6) is 0.389. The molecule has 134 valence electrons. The van der Waals surface area contributed by atoms with Gasteiger partial charge in [-0.1, -0.05) is 15.9 Å². The molecule has 0 saturated carbocycles. The highest BCUT2D eigenvalue weighted by Gasteiger charge is 2.44. The molecular weight excluding hydrogens is 396 g/mol. The molecule has 2 heterocycles. The number of hydrogen-bond acceptors (Lipinski definition) is 5. The lowest BCUT2D eigenvalue weighted by Crippen LogP contribution is -2.46. The Labute approximate surface area is 151 Å². The van der Waals surface area contributed by atoms with E-state index in [1.54, 1.807) is 18.2 Å². The van der Waals surface area contributed by atoms with Crippen LogP contribution in [-0.2, 0) is 14.8 Å². The number of nitrogens with zero attached hydrogens (tertiary/aromatic N) is 1. The average Bonchev–Trinajstić information content (AvgIpc) is 2.90. The zero-order chi connectivity index (χ0) is 17.4. The van der Waals surface area contributed by atoms with Gasteiger partial charge in [0, 0.05) is 23.6 Å². The molecule has 0 bridgehead atoms. The third-order valence-electron chi connectivity index (χ3n) is 4.69. The molecule has 1 atom stereocenters. The summed E-state index contributed by atoms with van der Waals surface area (Å²) >= 11 is 3.35. The number of nitrogens with two attached hydrogens (primary N) is 1. The Bertz CT molecular complexity index is 702. The molecule has 2 fully saturated rings. The van der Waals surface area contributed by atoms with Gasteiger partial charge >= 0.3 is 0 Å². The van der Waals surface area contributed by atoms with E-state index in [9.17, 15) is 8.42 Å². The first-order valence-corrected chi connectivity index (χ1v) is 10.4. The predicted molar refractivity (Wildman–Crippen MR) is 94.6 cm³/mol. The highest BCUT2D eigenvalue weighted by atomic mass is 79.9. The van der Waals surface area contributed by atoms with Crippen molar-refractivity contribution in [2.75, 3.05) is 26.3 Å². The van der Waals surface area contributed by atoms with E-state index < -0.39 is 10.0 Å². The number of benzene rings is 1. The summed E-state index contributed by atoms with van der Waals surface area (Å²) < 4.78 is 39.7. The van der Waals surface area contributed by atoms with E-state index in [1.807, 2.05) is 6.92 Å². The van der Waals surface area contributed by atoms with Crippen molar-refractivity contribution in [3.63, 3.8) is 0 Å². The molecule has 0 amide bonds. The third kappa shape index (κ3) is 3.48. The van der Waals surface area contributed by atoms with Crippen LogP contribution in [0.5, 0.6) is 5.75 Å². The van der Waals surface area contributed by atoms with Crippen molar-refractivity contribution in [1.29, 1.82) is 0 Å². The molecule has 1 aromatic carbocycles. The van der Waals surface area contributed by atoms with Crippen molar-refractivity contribution >= 4 is 26.0 Å². The molecule has 8 heteroatoms. The molecule has 3 rings (SSSR count). The Hall–Kier alpha value is -0.670. The van der Waals surface area contributed by atoms with Gasteiger partial charge in [0.25, 0.3) is 0 Å². The summed E-state index contributed by atoms with van der Waals surface area (Å²) in [5.41, 5.74) is 5.70. The second-order valence-electron chi connectivity index (χ2n) is 6.39. The Balaban J connectivity index is 1.81. The normalized spacial score (nSPS) is 24.4. The summed E-state index contributed by atoms with van der Waals surface area (Å²) in [4.78, 5) is 0.207. The van der Waals surface area contributed by atoms with Crippen LogP contribution >= 0.6 is 15.9 Å². The van der Waals surface area contributed by atoms with E-state index in [1.165, 1.54) is 4.31 Å². The molecule has 0 aliphatic carbocycles. The van der Waals surface area contributed by atoms with Gasteiger partial charge in [0.2, 0.25) is 10.0 Å². The molecule has 0 radical (unpaired) electrons. The molecule has 0 unspecified atom stereocenters. The van der Waals surface area contributed by atoms with Gasteiger partial charge in [-0.25, -0.2) is 8.42 Å². The van der Waals surface area contributed by atoms with Gasteiger partial charge in [-0.05, 0) is 44.4 Å². The van der Waals surface area contributed by atoms with Gasteiger partial charge in [0.15, 0.2) is 0 Å². The van der Waals surface area contributed by atoms with E-state index in [2.05, 4.69) is 15.9 Å². The van der Waals surface area contributed by atoms with Crippen LogP contribution in [0.4, 0.5) is 0 Å². The number of hydrogen-bond donors (Lipinski definition) is 1. The van der Waals surface area contributed by atoms with E-state index in [-0.39, 0.29) is 16.5 Å². The molecule has 2 aliphatic heterocycles. The Morgan fingerprint density at radius 3 is 2.71 bits per heavy atom. The average molecular weight is 419 g/mol. The molecule has 0 aromatic heterocycles. The van der Waals surface area contributed by atoms with Crippen molar-refractivity contribution in [3.8, 4) is 5.75 Å². The lowest BCUT2D eigenvalue weighted by atomic mass is 9.88. The van der Waals surface area contributed by atoms with Gasteiger partial charge in [0.05, 0.1) is 18.8 Å². The Morgan fingerprint density at radius 2 is 2.12 bits per heavy atom. The van der Waals surface area contributed by atoms with Crippen molar-refractivity contribution in [3.05, 3.63) is 22.7 Å². The number of rotatable bonds is 4. The van der Waals surface area contributed by atoms with Crippen LogP contribution in [0.3, 0.4) is 0 Å². The molecule has 2 aliphatic rings. The minimum Gasteiger partial charge on any atom is -0.492 e.